The van der Waals surface area contributed by atoms with Gasteiger partial charge in [0, 0.05) is 5.41 Å². The Bertz CT molecular complexity index is 473. The van der Waals surface area contributed by atoms with Crippen molar-refractivity contribution in [3.05, 3.63) is 71.8 Å². The predicted octanol–water partition coefficient (Wildman–Crippen LogP) is 6.21. The quantitative estimate of drug-likeness (QED) is 0.565. The molecule has 2 aromatic carbocycles. The van der Waals surface area contributed by atoms with Gasteiger partial charge in [0.05, 0.1) is 0 Å². The molecule has 0 N–H and O–H groups in total. The second-order valence-electron chi connectivity index (χ2n) is 6.18. The first kappa shape index (κ1) is 15.8. The van der Waals surface area contributed by atoms with Gasteiger partial charge in [-0.25, -0.2) is 0 Å². The third-order valence-corrected chi connectivity index (χ3v) is 4.96. The molecule has 0 aliphatic rings. The molecule has 1 atom stereocenters. The molecule has 0 saturated carbocycles. The highest BCUT2D eigenvalue weighted by Gasteiger charge is 2.35. The lowest BCUT2D eigenvalue weighted by Crippen LogP contribution is -2.33. The minimum Gasteiger partial charge on any atom is -0.0654 e. The van der Waals surface area contributed by atoms with E-state index in [1.54, 1.807) is 0 Å². The number of benzene rings is 2. The molecule has 0 heteroatoms. The lowest BCUT2D eigenvalue weighted by Gasteiger charge is -2.39. The fourth-order valence-corrected chi connectivity index (χ4v) is 3.56. The standard InChI is InChI=1S/C21H28/c1-4-6-13-18(5-2)21(3,19-14-9-7-10-15-19)20-16-11-8-12-17-20/h7-12,14-18H,4-6,13H2,1-3H3. The van der Waals surface area contributed by atoms with Gasteiger partial charge >= 0.3 is 0 Å². The predicted molar refractivity (Wildman–Crippen MR) is 92.6 cm³/mol. The molecule has 2 aromatic rings. The van der Waals surface area contributed by atoms with E-state index in [1.807, 2.05) is 0 Å². The van der Waals surface area contributed by atoms with Crippen LogP contribution in [-0.2, 0) is 5.41 Å². The molecule has 0 aliphatic carbocycles. The van der Waals surface area contributed by atoms with Crippen molar-refractivity contribution in [2.75, 3.05) is 0 Å². The van der Waals surface area contributed by atoms with Gasteiger partial charge in [-0.2, -0.15) is 0 Å². The van der Waals surface area contributed by atoms with Gasteiger partial charge in [0.1, 0.15) is 0 Å². The monoisotopic (exact) mass is 280 g/mol. The molecular weight excluding hydrogens is 252 g/mol. The van der Waals surface area contributed by atoms with Crippen LogP contribution in [0.1, 0.15) is 57.6 Å². The van der Waals surface area contributed by atoms with Crippen molar-refractivity contribution in [1.82, 2.24) is 0 Å². The molecule has 0 bridgehead atoms. The largest absolute Gasteiger partial charge is 0.0654 e. The lowest BCUT2D eigenvalue weighted by atomic mass is 9.65. The zero-order valence-electron chi connectivity index (χ0n) is 13.7. The van der Waals surface area contributed by atoms with Crippen LogP contribution in [-0.4, -0.2) is 0 Å². The smallest absolute Gasteiger partial charge is 0.0202 e. The molecule has 0 fully saturated rings. The molecular formula is C21H28. The molecule has 1 unspecified atom stereocenters. The molecule has 0 heterocycles. The second kappa shape index (κ2) is 7.45. The Labute approximate surface area is 130 Å². The normalized spacial score (nSPS) is 13.1. The summed E-state index contributed by atoms with van der Waals surface area (Å²) >= 11 is 0. The summed E-state index contributed by atoms with van der Waals surface area (Å²) in [4.78, 5) is 0. The van der Waals surface area contributed by atoms with Crippen LogP contribution < -0.4 is 0 Å². The maximum Gasteiger partial charge on any atom is 0.0202 e. The summed E-state index contributed by atoms with van der Waals surface area (Å²) in [7, 11) is 0. The van der Waals surface area contributed by atoms with Crippen LogP contribution in [0.5, 0.6) is 0 Å². The van der Waals surface area contributed by atoms with E-state index in [4.69, 9.17) is 0 Å². The van der Waals surface area contributed by atoms with Gasteiger partial charge in [-0.05, 0) is 23.5 Å². The van der Waals surface area contributed by atoms with Crippen LogP contribution in [0, 0.1) is 5.92 Å². The van der Waals surface area contributed by atoms with Crippen LogP contribution in [0.4, 0.5) is 0 Å². The first-order valence-electron chi connectivity index (χ1n) is 8.34. The van der Waals surface area contributed by atoms with Gasteiger partial charge in [0.2, 0.25) is 0 Å². The zero-order chi connectivity index (χ0) is 15.1. The fraction of sp³-hybridized carbons (Fsp3) is 0.429. The third kappa shape index (κ3) is 3.37. The van der Waals surface area contributed by atoms with Gasteiger partial charge < -0.3 is 0 Å². The van der Waals surface area contributed by atoms with Gasteiger partial charge in [-0.1, -0.05) is 101 Å². The van der Waals surface area contributed by atoms with E-state index in [0.29, 0.717) is 5.92 Å². The number of hydrogen-bond donors (Lipinski definition) is 0. The summed E-state index contributed by atoms with van der Waals surface area (Å²) in [6.45, 7) is 7.06. The van der Waals surface area contributed by atoms with E-state index in [9.17, 15) is 0 Å². The summed E-state index contributed by atoms with van der Waals surface area (Å²) < 4.78 is 0. The van der Waals surface area contributed by atoms with E-state index in [0.717, 1.165) is 0 Å². The van der Waals surface area contributed by atoms with E-state index in [1.165, 1.54) is 36.8 Å². The number of rotatable bonds is 7. The average molecular weight is 280 g/mol. The maximum atomic E-state index is 2.43. The third-order valence-electron chi connectivity index (χ3n) is 4.96. The minimum absolute atomic E-state index is 0.104. The van der Waals surface area contributed by atoms with Gasteiger partial charge in [-0.15, -0.1) is 0 Å². The molecule has 21 heavy (non-hydrogen) atoms. The number of hydrogen-bond acceptors (Lipinski definition) is 0. The summed E-state index contributed by atoms with van der Waals surface area (Å²) in [6, 6.07) is 22.1. The summed E-state index contributed by atoms with van der Waals surface area (Å²) in [5.74, 6) is 0.683. The average Bonchev–Trinajstić information content (AvgIpc) is 2.57. The first-order chi connectivity index (χ1) is 10.2. The fourth-order valence-electron chi connectivity index (χ4n) is 3.56. The summed E-state index contributed by atoms with van der Waals surface area (Å²) in [5, 5.41) is 0. The Hall–Kier alpha value is -1.56. The number of unbranched alkanes of at least 4 members (excludes halogenated alkanes) is 1. The van der Waals surface area contributed by atoms with Crippen molar-refractivity contribution in [3.63, 3.8) is 0 Å². The van der Waals surface area contributed by atoms with E-state index in [2.05, 4.69) is 81.4 Å². The molecule has 0 aromatic heterocycles. The van der Waals surface area contributed by atoms with Crippen LogP contribution in [0.3, 0.4) is 0 Å². The van der Waals surface area contributed by atoms with Gasteiger partial charge in [0.15, 0.2) is 0 Å². The van der Waals surface area contributed by atoms with Crippen LogP contribution in [0.15, 0.2) is 60.7 Å². The lowest BCUT2D eigenvalue weighted by molar-refractivity contribution is 0.306. The zero-order valence-corrected chi connectivity index (χ0v) is 13.7. The second-order valence-corrected chi connectivity index (χ2v) is 6.18. The highest BCUT2D eigenvalue weighted by atomic mass is 14.4. The molecule has 0 aliphatic heterocycles. The van der Waals surface area contributed by atoms with Crippen molar-refractivity contribution in [1.29, 1.82) is 0 Å². The molecule has 0 saturated heterocycles. The van der Waals surface area contributed by atoms with Crippen LogP contribution in [0.25, 0.3) is 0 Å². The maximum absolute atomic E-state index is 2.43. The summed E-state index contributed by atoms with van der Waals surface area (Å²) in [6.07, 6.45) is 5.11. The van der Waals surface area contributed by atoms with Crippen molar-refractivity contribution < 1.29 is 0 Å². The SMILES string of the molecule is CCCCC(CC)C(C)(c1ccccc1)c1ccccc1. The van der Waals surface area contributed by atoms with E-state index >= 15 is 0 Å². The molecule has 0 amide bonds. The Kier molecular flexibility index (Phi) is 5.61. The Morgan fingerprint density at radius 2 is 1.29 bits per heavy atom. The molecule has 2 rings (SSSR count). The van der Waals surface area contributed by atoms with Gasteiger partial charge in [-0.3, -0.25) is 0 Å². The Morgan fingerprint density at radius 3 is 1.67 bits per heavy atom. The topological polar surface area (TPSA) is 0 Å². The molecule has 0 nitrogen and oxygen atoms in total. The van der Waals surface area contributed by atoms with Crippen molar-refractivity contribution in [2.45, 2.75) is 51.9 Å². The van der Waals surface area contributed by atoms with E-state index < -0.39 is 0 Å². The molecule has 112 valence electrons. The first-order valence-corrected chi connectivity index (χ1v) is 8.34. The minimum atomic E-state index is 0.104. The molecule has 0 spiro atoms. The summed E-state index contributed by atoms with van der Waals surface area (Å²) in [5.41, 5.74) is 2.99. The molecule has 0 radical (unpaired) electrons. The van der Waals surface area contributed by atoms with Gasteiger partial charge in [0.25, 0.3) is 0 Å². The Balaban J connectivity index is 2.48. The Morgan fingerprint density at radius 1 is 0.810 bits per heavy atom. The van der Waals surface area contributed by atoms with Crippen molar-refractivity contribution in [3.8, 4) is 0 Å². The highest BCUT2D eigenvalue weighted by Crippen LogP contribution is 2.42. The van der Waals surface area contributed by atoms with Crippen LogP contribution in [0.2, 0.25) is 0 Å². The van der Waals surface area contributed by atoms with E-state index in [-0.39, 0.29) is 5.41 Å². The van der Waals surface area contributed by atoms with Crippen molar-refractivity contribution in [2.24, 2.45) is 5.92 Å². The highest BCUT2D eigenvalue weighted by molar-refractivity contribution is 5.39. The van der Waals surface area contributed by atoms with Crippen molar-refractivity contribution >= 4 is 0 Å². The van der Waals surface area contributed by atoms with Crippen LogP contribution >= 0.6 is 0 Å².